The number of amides is 3. The molecular weight excluding hydrogens is 630 g/mol. The maximum absolute atomic E-state index is 13.4. The van der Waals surface area contributed by atoms with Crippen LogP contribution in [0.15, 0.2) is 72.6 Å². The number of esters is 1. The molecule has 2 aromatic carbocycles. The van der Waals surface area contributed by atoms with Crippen molar-refractivity contribution in [3.05, 3.63) is 83.7 Å². The average Bonchev–Trinajstić information content (AvgIpc) is 3.67. The van der Waals surface area contributed by atoms with Crippen LogP contribution in [0.1, 0.15) is 67.3 Å². The molecule has 0 saturated carbocycles. The number of hydrogen-bond donors (Lipinski definition) is 2. The fourth-order valence-electron chi connectivity index (χ4n) is 6.26. The fraction of sp³-hybridized carbons (Fsp3) is 0.361. The van der Waals surface area contributed by atoms with Crippen molar-refractivity contribution in [1.82, 2.24) is 19.6 Å². The van der Waals surface area contributed by atoms with Gasteiger partial charge in [-0.2, -0.15) is 5.10 Å². The number of primary amides is 1. The van der Waals surface area contributed by atoms with Gasteiger partial charge in [-0.15, -0.1) is 0 Å². The second-order valence-corrected chi connectivity index (χ2v) is 12.2. The number of imide groups is 1. The van der Waals surface area contributed by atoms with Gasteiger partial charge < -0.3 is 20.5 Å². The molecule has 3 aromatic rings. The van der Waals surface area contributed by atoms with Crippen LogP contribution in [0.2, 0.25) is 0 Å². The maximum Gasteiger partial charge on any atom is 0.343 e. The van der Waals surface area contributed by atoms with Gasteiger partial charge in [0.05, 0.1) is 23.8 Å². The summed E-state index contributed by atoms with van der Waals surface area (Å²) in [5.74, 6) is -4.86. The van der Waals surface area contributed by atoms with Crippen LogP contribution in [-0.2, 0) is 28.7 Å². The zero-order valence-electron chi connectivity index (χ0n) is 27.2. The van der Waals surface area contributed by atoms with Gasteiger partial charge in [0.1, 0.15) is 11.1 Å². The first-order valence-corrected chi connectivity index (χ1v) is 16.4. The lowest BCUT2D eigenvalue weighted by molar-refractivity contribution is -0.145. The molecule has 3 N–H and O–H groups in total. The number of piperidine rings is 1. The van der Waals surface area contributed by atoms with E-state index in [-0.39, 0.29) is 37.5 Å². The Hall–Kier alpha value is -5.59. The number of carboxylic acids is 1. The van der Waals surface area contributed by atoms with Crippen LogP contribution < -0.4 is 5.73 Å². The summed E-state index contributed by atoms with van der Waals surface area (Å²) in [6.07, 6.45) is 7.95. The van der Waals surface area contributed by atoms with Crippen molar-refractivity contribution in [2.24, 2.45) is 11.7 Å². The Balaban J connectivity index is 1.24. The van der Waals surface area contributed by atoms with Crippen molar-refractivity contribution < 1.29 is 38.6 Å². The number of benzene rings is 2. The Morgan fingerprint density at radius 2 is 1.80 bits per heavy atom. The zero-order chi connectivity index (χ0) is 35.1. The molecule has 0 spiro atoms. The van der Waals surface area contributed by atoms with E-state index in [1.807, 2.05) is 41.4 Å². The first kappa shape index (κ1) is 34.7. The second-order valence-electron chi connectivity index (χ2n) is 12.2. The van der Waals surface area contributed by atoms with Crippen molar-refractivity contribution >= 4 is 46.3 Å². The fourth-order valence-corrected chi connectivity index (χ4v) is 6.26. The van der Waals surface area contributed by atoms with E-state index < -0.39 is 41.4 Å². The zero-order valence-corrected chi connectivity index (χ0v) is 27.2. The highest BCUT2D eigenvalue weighted by molar-refractivity contribution is 6.17. The number of fused-ring (bicyclic) bond motifs is 1. The largest absolute Gasteiger partial charge is 0.481 e. The molecule has 13 heteroatoms. The van der Waals surface area contributed by atoms with Gasteiger partial charge in [-0.3, -0.25) is 28.9 Å². The van der Waals surface area contributed by atoms with Crippen LogP contribution in [0, 0.1) is 5.92 Å². The summed E-state index contributed by atoms with van der Waals surface area (Å²) in [4.78, 5) is 76.7. The maximum atomic E-state index is 13.4. The summed E-state index contributed by atoms with van der Waals surface area (Å²) in [7, 11) is 0. The van der Waals surface area contributed by atoms with Gasteiger partial charge >= 0.3 is 11.9 Å². The summed E-state index contributed by atoms with van der Waals surface area (Å²) in [6, 6.07) is 13.2. The summed E-state index contributed by atoms with van der Waals surface area (Å²) in [6.45, 7) is 3.00. The first-order chi connectivity index (χ1) is 23.5. The Morgan fingerprint density at radius 1 is 1.06 bits per heavy atom. The molecule has 2 atom stereocenters. The molecule has 2 aliphatic rings. The van der Waals surface area contributed by atoms with Crippen molar-refractivity contribution in [3.8, 4) is 5.69 Å². The molecule has 256 valence electrons. The first-order valence-electron chi connectivity index (χ1n) is 16.4. The number of nitrogens with two attached hydrogens (primary N) is 1. The summed E-state index contributed by atoms with van der Waals surface area (Å²) in [5, 5.41) is 15.2. The summed E-state index contributed by atoms with van der Waals surface area (Å²) in [5.41, 5.74) is 8.08. The molecule has 1 fully saturated rings. The lowest BCUT2D eigenvalue weighted by atomic mass is 9.90. The van der Waals surface area contributed by atoms with E-state index in [9.17, 15) is 33.9 Å². The van der Waals surface area contributed by atoms with E-state index in [2.05, 4.69) is 5.10 Å². The number of unbranched alkanes of at least 4 members (excludes halogenated alkanes) is 1. The van der Waals surface area contributed by atoms with Gasteiger partial charge in [0, 0.05) is 61.9 Å². The molecule has 13 nitrogen and oxygen atoms in total. The minimum Gasteiger partial charge on any atom is -0.481 e. The summed E-state index contributed by atoms with van der Waals surface area (Å²) >= 11 is 0. The molecule has 0 bridgehead atoms. The minimum absolute atomic E-state index is 0.0548. The Labute approximate surface area is 283 Å². The molecule has 3 amide bonds. The number of ether oxygens (including phenoxy) is 1. The van der Waals surface area contributed by atoms with E-state index in [1.165, 1.54) is 18.4 Å². The Kier molecular flexibility index (Phi) is 11.0. The molecule has 1 saturated heterocycles. The normalized spacial score (nSPS) is 17.1. The molecule has 0 aliphatic carbocycles. The third kappa shape index (κ3) is 8.29. The van der Waals surface area contributed by atoms with Crippen molar-refractivity contribution in [3.63, 3.8) is 0 Å². The highest BCUT2D eigenvalue weighted by Gasteiger charge is 2.29. The van der Waals surface area contributed by atoms with Gasteiger partial charge in [0.2, 0.25) is 0 Å². The number of carboxylic acid groups (broad SMARTS) is 1. The van der Waals surface area contributed by atoms with Gasteiger partial charge in [0.15, 0.2) is 5.78 Å². The van der Waals surface area contributed by atoms with E-state index >= 15 is 0 Å². The van der Waals surface area contributed by atoms with E-state index in [0.29, 0.717) is 37.0 Å². The molecule has 49 heavy (non-hydrogen) atoms. The number of nitrogens with zero attached hydrogens (tertiary/aromatic N) is 4. The third-order valence-corrected chi connectivity index (χ3v) is 8.86. The Bertz CT molecular complexity index is 1810. The Morgan fingerprint density at radius 3 is 2.47 bits per heavy atom. The van der Waals surface area contributed by atoms with Crippen LogP contribution in [0.3, 0.4) is 0 Å². The van der Waals surface area contributed by atoms with Crippen LogP contribution in [0.25, 0.3) is 16.6 Å². The van der Waals surface area contributed by atoms with Gasteiger partial charge in [-0.25, -0.2) is 9.48 Å². The highest BCUT2D eigenvalue weighted by Crippen LogP contribution is 2.29. The molecule has 2 aliphatic heterocycles. The number of Topliss-reactive ketones (excluding diaryl/α,β-unsaturated/α-hetero) is 1. The predicted molar refractivity (Wildman–Crippen MR) is 178 cm³/mol. The van der Waals surface area contributed by atoms with E-state index in [0.717, 1.165) is 34.4 Å². The molecule has 5 rings (SSSR count). The monoisotopic (exact) mass is 669 g/mol. The standard InChI is InChI=1S/C36H39N5O8/c1-2-49-36(48)29(30(42)19-24(35(46)47)7-3-4-18-40-31(43)15-16-32(40)44)22-39-17-6-9-25(20-39)23-11-13-27(14-12-23)41-21-26-8-5-10-28(34(37)45)33(26)38-41/h5,8,10-16,21-22,24-25H,2-4,6-7,9,17-20H2,1H3,(H2,37,45)(H,46,47)/b29-22+. The second kappa shape index (κ2) is 15.5. The van der Waals surface area contributed by atoms with E-state index in [1.54, 1.807) is 23.7 Å². The lowest BCUT2D eigenvalue weighted by Gasteiger charge is -2.32. The number of rotatable bonds is 15. The van der Waals surface area contributed by atoms with Gasteiger partial charge in [-0.05, 0) is 56.4 Å². The van der Waals surface area contributed by atoms with Crippen molar-refractivity contribution in [2.45, 2.75) is 51.4 Å². The molecule has 0 radical (unpaired) electrons. The predicted octanol–water partition coefficient (Wildman–Crippen LogP) is 3.51. The molecule has 3 heterocycles. The third-order valence-electron chi connectivity index (χ3n) is 8.86. The quantitative estimate of drug-likeness (QED) is 0.0607. The van der Waals surface area contributed by atoms with Crippen LogP contribution in [0.5, 0.6) is 0 Å². The molecular formula is C36H39N5O8. The molecule has 1 aromatic heterocycles. The SMILES string of the molecule is CCOC(=O)/C(=C/N1CCCC(c2ccc(-n3cc4cccc(C(N)=O)c4n3)cc2)C1)C(=O)CC(CCCCN1C(=O)C=CC1=O)C(=O)O. The molecule has 2 unspecified atom stereocenters. The van der Waals surface area contributed by atoms with Crippen molar-refractivity contribution in [1.29, 1.82) is 0 Å². The van der Waals surface area contributed by atoms with E-state index in [4.69, 9.17) is 10.5 Å². The lowest BCUT2D eigenvalue weighted by Crippen LogP contribution is -2.32. The summed E-state index contributed by atoms with van der Waals surface area (Å²) < 4.78 is 6.88. The average molecular weight is 670 g/mol. The van der Waals surface area contributed by atoms with Crippen LogP contribution in [0.4, 0.5) is 0 Å². The smallest absolute Gasteiger partial charge is 0.343 e. The number of ketones is 1. The highest BCUT2D eigenvalue weighted by atomic mass is 16.5. The number of carbonyl (C=O) groups excluding carboxylic acids is 5. The topological polar surface area (TPSA) is 182 Å². The number of carbonyl (C=O) groups is 6. The van der Waals surface area contributed by atoms with Crippen LogP contribution >= 0.6 is 0 Å². The number of hydrogen-bond acceptors (Lipinski definition) is 9. The minimum atomic E-state index is -1.16. The number of likely N-dealkylation sites (tertiary alicyclic amines) is 1. The van der Waals surface area contributed by atoms with Gasteiger partial charge in [-0.1, -0.05) is 30.7 Å². The van der Waals surface area contributed by atoms with Gasteiger partial charge in [0.25, 0.3) is 17.7 Å². The van der Waals surface area contributed by atoms with Crippen LogP contribution in [-0.4, -0.2) is 86.4 Å². The number of aliphatic carboxylic acids is 1. The number of aromatic nitrogens is 2. The van der Waals surface area contributed by atoms with Crippen molar-refractivity contribution in [2.75, 3.05) is 26.2 Å².